The van der Waals surface area contributed by atoms with Crippen molar-refractivity contribution in [2.45, 2.75) is 44.6 Å². The van der Waals surface area contributed by atoms with Gasteiger partial charge in [-0.2, -0.15) is 0 Å². The van der Waals surface area contributed by atoms with Crippen LogP contribution in [0.4, 0.5) is 5.69 Å². The highest BCUT2D eigenvalue weighted by Gasteiger charge is 2.26. The summed E-state index contributed by atoms with van der Waals surface area (Å²) in [5, 5.41) is 13.1. The largest absolute Gasteiger partial charge is 0.391 e. The van der Waals surface area contributed by atoms with Crippen molar-refractivity contribution in [3.63, 3.8) is 0 Å². The minimum Gasteiger partial charge on any atom is -0.391 e. The number of hydrogen-bond donors (Lipinski definition) is 2. The van der Waals surface area contributed by atoms with E-state index in [1.54, 1.807) is 4.90 Å². The number of hydrogen-bond acceptors (Lipinski definition) is 3. The van der Waals surface area contributed by atoms with Crippen molar-refractivity contribution in [2.75, 3.05) is 25.0 Å². The Hall–Kier alpha value is -1.81. The number of anilines is 1. The van der Waals surface area contributed by atoms with E-state index in [1.807, 2.05) is 24.3 Å². The molecule has 1 saturated heterocycles. The Morgan fingerprint density at radius 1 is 1.30 bits per heavy atom. The van der Waals surface area contributed by atoms with Crippen LogP contribution in [0.2, 0.25) is 0 Å². The molecule has 0 aromatic heterocycles. The summed E-state index contributed by atoms with van der Waals surface area (Å²) in [4.78, 5) is 14.4. The van der Waals surface area contributed by atoms with Crippen LogP contribution in [0.15, 0.2) is 35.9 Å². The van der Waals surface area contributed by atoms with E-state index in [9.17, 15) is 9.90 Å². The van der Waals surface area contributed by atoms with Crippen molar-refractivity contribution in [1.82, 2.24) is 4.90 Å². The molecule has 3 rings (SSSR count). The number of nitrogens with one attached hydrogen (secondary N) is 1. The molecule has 1 aliphatic heterocycles. The van der Waals surface area contributed by atoms with Crippen LogP contribution in [0, 0.1) is 0 Å². The molecular formula is C19H26N2O2. The maximum Gasteiger partial charge on any atom is 0.256 e. The molecule has 0 saturated carbocycles. The first kappa shape index (κ1) is 16.1. The second-order valence-corrected chi connectivity index (χ2v) is 6.52. The molecule has 0 unspecified atom stereocenters. The molecule has 2 aliphatic rings. The molecule has 1 aliphatic carbocycles. The van der Waals surface area contributed by atoms with E-state index in [4.69, 9.17) is 0 Å². The summed E-state index contributed by atoms with van der Waals surface area (Å²) >= 11 is 0. The molecule has 1 atom stereocenters. The summed E-state index contributed by atoms with van der Waals surface area (Å²) in [5.41, 5.74) is 3.14. The van der Waals surface area contributed by atoms with E-state index in [0.29, 0.717) is 25.1 Å². The Kier molecular flexibility index (Phi) is 5.34. The maximum atomic E-state index is 12.6. The van der Waals surface area contributed by atoms with E-state index < -0.39 is 0 Å². The van der Waals surface area contributed by atoms with Gasteiger partial charge >= 0.3 is 0 Å². The van der Waals surface area contributed by atoms with Gasteiger partial charge in [0.25, 0.3) is 5.91 Å². The summed E-state index contributed by atoms with van der Waals surface area (Å²) in [7, 11) is 0. The Morgan fingerprint density at radius 2 is 2.17 bits per heavy atom. The number of para-hydroxylation sites is 1. The monoisotopic (exact) mass is 314 g/mol. The second kappa shape index (κ2) is 7.64. The van der Waals surface area contributed by atoms with Crippen molar-refractivity contribution in [1.29, 1.82) is 0 Å². The summed E-state index contributed by atoms with van der Waals surface area (Å²) in [6.45, 7) is 1.94. The lowest BCUT2D eigenvalue weighted by Gasteiger charge is -2.19. The van der Waals surface area contributed by atoms with Gasteiger partial charge < -0.3 is 15.3 Å². The molecule has 4 nitrogen and oxygen atoms in total. The predicted molar refractivity (Wildman–Crippen MR) is 92.6 cm³/mol. The van der Waals surface area contributed by atoms with Crippen molar-refractivity contribution in [3.8, 4) is 0 Å². The highest BCUT2D eigenvalue weighted by molar-refractivity contribution is 5.99. The van der Waals surface area contributed by atoms with E-state index >= 15 is 0 Å². The normalized spacial score (nSPS) is 21.2. The summed E-state index contributed by atoms with van der Waals surface area (Å²) in [6, 6.07) is 7.69. The van der Waals surface area contributed by atoms with Gasteiger partial charge in [-0.05, 0) is 50.7 Å². The topological polar surface area (TPSA) is 52.6 Å². The number of benzene rings is 1. The third-order valence-electron chi connectivity index (χ3n) is 4.75. The minimum atomic E-state index is -0.377. The zero-order chi connectivity index (χ0) is 16.1. The van der Waals surface area contributed by atoms with Crippen molar-refractivity contribution in [3.05, 3.63) is 41.5 Å². The Bertz CT molecular complexity index is 582. The van der Waals surface area contributed by atoms with E-state index in [-0.39, 0.29) is 12.0 Å². The molecule has 1 fully saturated rings. The average molecular weight is 314 g/mol. The van der Waals surface area contributed by atoms with E-state index in [0.717, 1.165) is 18.7 Å². The van der Waals surface area contributed by atoms with Crippen molar-refractivity contribution in [2.24, 2.45) is 0 Å². The van der Waals surface area contributed by atoms with Crippen molar-refractivity contribution < 1.29 is 9.90 Å². The molecule has 23 heavy (non-hydrogen) atoms. The average Bonchev–Trinajstić information content (AvgIpc) is 3.02. The molecule has 0 bridgehead atoms. The molecule has 124 valence electrons. The maximum absolute atomic E-state index is 12.6. The Balaban J connectivity index is 1.61. The first-order valence-corrected chi connectivity index (χ1v) is 8.72. The van der Waals surface area contributed by atoms with Gasteiger partial charge in [0, 0.05) is 25.3 Å². The van der Waals surface area contributed by atoms with Crippen LogP contribution >= 0.6 is 0 Å². The number of aliphatic hydroxyl groups excluding tert-OH is 1. The van der Waals surface area contributed by atoms with Gasteiger partial charge in [-0.1, -0.05) is 23.8 Å². The van der Waals surface area contributed by atoms with Gasteiger partial charge in [0.2, 0.25) is 0 Å². The molecular weight excluding hydrogens is 288 g/mol. The SMILES string of the molecule is O=C(c1ccccc1NCCC1=CCCCC1)N1CC[C@@H](O)C1. The van der Waals surface area contributed by atoms with Gasteiger partial charge in [-0.3, -0.25) is 4.79 Å². The van der Waals surface area contributed by atoms with Gasteiger partial charge in [0.15, 0.2) is 0 Å². The van der Waals surface area contributed by atoms with Gasteiger partial charge in [0.1, 0.15) is 0 Å². The van der Waals surface area contributed by atoms with Crippen LogP contribution in [-0.4, -0.2) is 41.7 Å². The molecule has 1 aromatic rings. The second-order valence-electron chi connectivity index (χ2n) is 6.52. The molecule has 0 radical (unpaired) electrons. The first-order valence-electron chi connectivity index (χ1n) is 8.72. The van der Waals surface area contributed by atoms with Gasteiger partial charge in [0.05, 0.1) is 11.7 Å². The van der Waals surface area contributed by atoms with Crippen molar-refractivity contribution >= 4 is 11.6 Å². The summed E-state index contributed by atoms with van der Waals surface area (Å²) < 4.78 is 0. The molecule has 0 spiro atoms. The van der Waals surface area contributed by atoms with Gasteiger partial charge in [-0.15, -0.1) is 0 Å². The number of aliphatic hydroxyl groups is 1. The third kappa shape index (κ3) is 4.14. The number of allylic oxidation sites excluding steroid dienone is 1. The fraction of sp³-hybridized carbons (Fsp3) is 0.526. The third-order valence-corrected chi connectivity index (χ3v) is 4.75. The number of carbonyl (C=O) groups is 1. The number of amides is 1. The lowest BCUT2D eigenvalue weighted by Crippen LogP contribution is -2.30. The van der Waals surface area contributed by atoms with Crippen LogP contribution in [0.3, 0.4) is 0 Å². The molecule has 1 amide bonds. The number of nitrogens with zero attached hydrogens (tertiary/aromatic N) is 1. The minimum absolute atomic E-state index is 0.0153. The Labute approximate surface area is 138 Å². The number of likely N-dealkylation sites (tertiary alicyclic amines) is 1. The highest BCUT2D eigenvalue weighted by atomic mass is 16.3. The quantitative estimate of drug-likeness (QED) is 0.821. The molecule has 2 N–H and O–H groups in total. The predicted octanol–water partition coefficient (Wildman–Crippen LogP) is 3.20. The van der Waals surface area contributed by atoms with Crippen LogP contribution in [0.1, 0.15) is 48.9 Å². The molecule has 1 aromatic carbocycles. The molecule has 1 heterocycles. The number of rotatable bonds is 5. The zero-order valence-electron chi connectivity index (χ0n) is 13.6. The lowest BCUT2D eigenvalue weighted by molar-refractivity contribution is 0.0766. The number of β-amino-alcohol motifs (C(OH)–C–C–N with tert-alkyl or cyclic N) is 1. The van der Waals surface area contributed by atoms with Gasteiger partial charge in [-0.25, -0.2) is 0 Å². The van der Waals surface area contributed by atoms with Crippen LogP contribution in [0.5, 0.6) is 0 Å². The first-order chi connectivity index (χ1) is 11.2. The summed E-state index contributed by atoms with van der Waals surface area (Å²) in [5.74, 6) is 0.0153. The van der Waals surface area contributed by atoms with E-state index in [2.05, 4.69) is 11.4 Å². The van der Waals surface area contributed by atoms with Crippen LogP contribution in [0.25, 0.3) is 0 Å². The standard InChI is InChI=1S/C19H26N2O2/c22-16-11-13-21(14-16)19(23)17-8-4-5-9-18(17)20-12-10-15-6-2-1-3-7-15/h4-6,8-9,16,20,22H,1-3,7,10-14H2/t16-/m1/s1. The summed E-state index contributed by atoms with van der Waals surface area (Å²) in [6.07, 6.45) is 8.76. The van der Waals surface area contributed by atoms with E-state index in [1.165, 1.54) is 31.3 Å². The fourth-order valence-corrected chi connectivity index (χ4v) is 3.41. The zero-order valence-corrected chi connectivity index (χ0v) is 13.6. The lowest BCUT2D eigenvalue weighted by atomic mass is 9.97. The van der Waals surface area contributed by atoms with Crippen LogP contribution < -0.4 is 5.32 Å². The molecule has 4 heteroatoms. The number of carbonyl (C=O) groups excluding carboxylic acids is 1. The Morgan fingerprint density at radius 3 is 2.91 bits per heavy atom. The smallest absolute Gasteiger partial charge is 0.256 e. The fourth-order valence-electron chi connectivity index (χ4n) is 3.41. The van der Waals surface area contributed by atoms with Crippen LogP contribution in [-0.2, 0) is 0 Å². The highest BCUT2D eigenvalue weighted by Crippen LogP contribution is 2.22.